The maximum atomic E-state index is 13.1. The van der Waals surface area contributed by atoms with Crippen LogP contribution in [0, 0.1) is 5.82 Å². The molecule has 0 radical (unpaired) electrons. The van der Waals surface area contributed by atoms with Gasteiger partial charge in [0.15, 0.2) is 5.82 Å². The average molecular weight is 403 g/mol. The Kier molecular flexibility index (Phi) is 4.59. The number of nitrogens with one attached hydrogen (secondary N) is 1. The molecular weight excluding hydrogens is 385 g/mol. The number of rotatable bonds is 5. The zero-order chi connectivity index (χ0) is 20.5. The molecule has 4 aromatic rings. The van der Waals surface area contributed by atoms with Gasteiger partial charge in [0.05, 0.1) is 11.6 Å². The van der Waals surface area contributed by atoms with Gasteiger partial charge >= 0.3 is 0 Å². The fraction of sp³-hybridized carbons (Fsp3) is 0.182. The van der Waals surface area contributed by atoms with Gasteiger partial charge in [-0.05, 0) is 35.9 Å². The zero-order valence-electron chi connectivity index (χ0n) is 16.0. The molecule has 1 aliphatic heterocycles. The normalized spacial score (nSPS) is 14.0. The van der Waals surface area contributed by atoms with Gasteiger partial charge < -0.3 is 9.42 Å². The van der Waals surface area contributed by atoms with E-state index in [0.29, 0.717) is 42.6 Å². The number of aromatic nitrogens is 4. The van der Waals surface area contributed by atoms with Crippen LogP contribution in [-0.4, -0.2) is 44.2 Å². The predicted octanol–water partition coefficient (Wildman–Crippen LogP) is 3.43. The number of carbonyl (C=O) groups excluding carboxylic acids is 1. The summed E-state index contributed by atoms with van der Waals surface area (Å²) in [6.07, 6.45) is 0.611. The number of hydrogen-bond donors (Lipinski definition) is 1. The van der Waals surface area contributed by atoms with E-state index in [1.54, 1.807) is 23.1 Å². The molecule has 1 saturated heterocycles. The summed E-state index contributed by atoms with van der Waals surface area (Å²) in [5, 5.41) is 11.0. The number of nitrogens with zero attached hydrogens (tertiary/aromatic N) is 4. The highest BCUT2D eigenvalue weighted by Gasteiger charge is 2.36. The number of aromatic amines is 1. The number of carbonyl (C=O) groups is 1. The highest BCUT2D eigenvalue weighted by atomic mass is 19.1. The highest BCUT2D eigenvalue weighted by molar-refractivity contribution is 5.94. The summed E-state index contributed by atoms with van der Waals surface area (Å²) in [7, 11) is 0. The van der Waals surface area contributed by atoms with E-state index in [9.17, 15) is 9.18 Å². The Morgan fingerprint density at radius 3 is 2.67 bits per heavy atom. The molecule has 8 heteroatoms. The Balaban J connectivity index is 1.20. The van der Waals surface area contributed by atoms with Crippen LogP contribution in [-0.2, 0) is 6.42 Å². The maximum Gasteiger partial charge on any atom is 0.271 e. The van der Waals surface area contributed by atoms with E-state index in [0.717, 1.165) is 11.1 Å². The summed E-state index contributed by atoms with van der Waals surface area (Å²) in [6, 6.07) is 17.6. The van der Waals surface area contributed by atoms with Crippen LogP contribution < -0.4 is 0 Å². The molecule has 0 bridgehead atoms. The predicted molar refractivity (Wildman–Crippen MR) is 106 cm³/mol. The summed E-state index contributed by atoms with van der Waals surface area (Å²) < 4.78 is 18.5. The van der Waals surface area contributed by atoms with Gasteiger partial charge in [-0.3, -0.25) is 9.89 Å². The monoisotopic (exact) mass is 403 g/mol. The van der Waals surface area contributed by atoms with Crippen molar-refractivity contribution in [3.8, 4) is 11.3 Å². The van der Waals surface area contributed by atoms with E-state index in [1.165, 1.54) is 12.1 Å². The second-order valence-electron chi connectivity index (χ2n) is 7.29. The topological polar surface area (TPSA) is 87.9 Å². The van der Waals surface area contributed by atoms with Crippen LogP contribution in [0.5, 0.6) is 0 Å². The molecule has 30 heavy (non-hydrogen) atoms. The van der Waals surface area contributed by atoms with Crippen molar-refractivity contribution in [2.45, 2.75) is 12.3 Å². The van der Waals surface area contributed by atoms with Crippen LogP contribution in [0.2, 0.25) is 0 Å². The van der Waals surface area contributed by atoms with Gasteiger partial charge in [-0.1, -0.05) is 35.5 Å². The SMILES string of the molecule is O=C(c1cc(-c2ccc(F)cc2)n[nH]1)N1CC(c2nc(Cc3ccccc3)no2)C1. The zero-order valence-corrected chi connectivity index (χ0v) is 16.0. The largest absolute Gasteiger partial charge is 0.339 e. The molecular formula is C22H18FN5O2. The first-order chi connectivity index (χ1) is 14.7. The molecule has 3 heterocycles. The Hall–Kier alpha value is -3.81. The first-order valence-electron chi connectivity index (χ1n) is 9.63. The lowest BCUT2D eigenvalue weighted by atomic mass is 9.99. The van der Waals surface area contributed by atoms with E-state index in [2.05, 4.69) is 20.3 Å². The molecule has 150 valence electrons. The minimum absolute atomic E-state index is 0.0328. The molecule has 0 atom stereocenters. The maximum absolute atomic E-state index is 13.1. The van der Waals surface area contributed by atoms with Crippen molar-refractivity contribution in [2.24, 2.45) is 0 Å². The van der Waals surface area contributed by atoms with Crippen LogP contribution in [0.25, 0.3) is 11.3 Å². The van der Waals surface area contributed by atoms with E-state index in [-0.39, 0.29) is 17.6 Å². The van der Waals surface area contributed by atoms with Gasteiger partial charge in [-0.15, -0.1) is 0 Å². The van der Waals surface area contributed by atoms with Crippen LogP contribution in [0.4, 0.5) is 4.39 Å². The number of benzene rings is 2. The lowest BCUT2D eigenvalue weighted by Crippen LogP contribution is -2.48. The summed E-state index contributed by atoms with van der Waals surface area (Å²) in [5.41, 5.74) is 2.84. The third-order valence-electron chi connectivity index (χ3n) is 5.16. The Bertz CT molecular complexity index is 1160. The van der Waals surface area contributed by atoms with Crippen molar-refractivity contribution in [1.29, 1.82) is 0 Å². The number of H-pyrrole nitrogens is 1. The highest BCUT2D eigenvalue weighted by Crippen LogP contribution is 2.28. The van der Waals surface area contributed by atoms with Crippen molar-refractivity contribution in [2.75, 3.05) is 13.1 Å². The van der Waals surface area contributed by atoms with Gasteiger partial charge in [0.25, 0.3) is 5.91 Å². The summed E-state index contributed by atoms with van der Waals surface area (Å²) in [4.78, 5) is 18.9. The van der Waals surface area contributed by atoms with Gasteiger partial charge in [-0.2, -0.15) is 10.1 Å². The van der Waals surface area contributed by atoms with Gasteiger partial charge in [-0.25, -0.2) is 4.39 Å². The van der Waals surface area contributed by atoms with Crippen LogP contribution >= 0.6 is 0 Å². The van der Waals surface area contributed by atoms with E-state index >= 15 is 0 Å². The fourth-order valence-electron chi connectivity index (χ4n) is 3.45. The summed E-state index contributed by atoms with van der Waals surface area (Å²) >= 11 is 0. The van der Waals surface area contributed by atoms with E-state index < -0.39 is 0 Å². The fourth-order valence-corrected chi connectivity index (χ4v) is 3.45. The first kappa shape index (κ1) is 18.2. The van der Waals surface area contributed by atoms with E-state index in [4.69, 9.17) is 4.52 Å². The second kappa shape index (κ2) is 7.55. The van der Waals surface area contributed by atoms with Crippen LogP contribution in [0.1, 0.15) is 33.7 Å². The van der Waals surface area contributed by atoms with Crippen molar-refractivity contribution >= 4 is 5.91 Å². The minimum atomic E-state index is -0.315. The van der Waals surface area contributed by atoms with Crippen molar-refractivity contribution in [1.82, 2.24) is 25.2 Å². The molecule has 1 fully saturated rings. The third-order valence-corrected chi connectivity index (χ3v) is 5.16. The summed E-state index contributed by atoms with van der Waals surface area (Å²) in [6.45, 7) is 1.02. The molecule has 0 unspecified atom stereocenters. The molecule has 1 N–H and O–H groups in total. The first-order valence-corrected chi connectivity index (χ1v) is 9.63. The Labute approximate surface area is 171 Å². The number of hydrogen-bond acceptors (Lipinski definition) is 5. The van der Waals surface area contributed by atoms with Crippen molar-refractivity contribution < 1.29 is 13.7 Å². The minimum Gasteiger partial charge on any atom is -0.339 e. The molecule has 7 nitrogen and oxygen atoms in total. The van der Waals surface area contributed by atoms with E-state index in [1.807, 2.05) is 30.3 Å². The Morgan fingerprint density at radius 1 is 1.13 bits per heavy atom. The van der Waals surface area contributed by atoms with Gasteiger partial charge in [0.1, 0.15) is 11.5 Å². The average Bonchev–Trinajstić information content (AvgIpc) is 3.38. The number of amides is 1. The third kappa shape index (κ3) is 3.59. The molecule has 0 spiro atoms. The smallest absolute Gasteiger partial charge is 0.271 e. The van der Waals surface area contributed by atoms with Crippen molar-refractivity contribution in [3.05, 3.63) is 89.5 Å². The Morgan fingerprint density at radius 2 is 1.90 bits per heavy atom. The molecule has 2 aromatic heterocycles. The second-order valence-corrected chi connectivity index (χ2v) is 7.29. The molecule has 1 aliphatic rings. The lowest BCUT2D eigenvalue weighted by Gasteiger charge is -2.36. The molecule has 0 aliphatic carbocycles. The molecule has 1 amide bonds. The number of likely N-dealkylation sites (tertiary alicyclic amines) is 1. The molecule has 0 saturated carbocycles. The number of halogens is 1. The molecule has 5 rings (SSSR count). The van der Waals surface area contributed by atoms with Crippen LogP contribution in [0.15, 0.2) is 65.2 Å². The van der Waals surface area contributed by atoms with Gasteiger partial charge in [0.2, 0.25) is 5.89 Å². The van der Waals surface area contributed by atoms with Crippen molar-refractivity contribution in [3.63, 3.8) is 0 Å². The lowest BCUT2D eigenvalue weighted by molar-refractivity contribution is 0.0563. The van der Waals surface area contributed by atoms with Gasteiger partial charge in [0, 0.05) is 25.1 Å². The quantitative estimate of drug-likeness (QED) is 0.552. The van der Waals surface area contributed by atoms with Crippen LogP contribution in [0.3, 0.4) is 0 Å². The summed E-state index contributed by atoms with van der Waals surface area (Å²) in [5.74, 6) is 0.770. The standard InChI is InChI=1S/C22H18FN5O2/c23-17-8-6-15(7-9-17)18-11-19(26-25-18)22(29)28-12-16(13-28)21-24-20(27-30-21)10-14-4-2-1-3-5-14/h1-9,11,16H,10,12-13H2,(H,25,26). The molecule has 2 aromatic carbocycles.